The van der Waals surface area contributed by atoms with Gasteiger partial charge in [0.2, 0.25) is 0 Å². The zero-order chi connectivity index (χ0) is 13.5. The van der Waals surface area contributed by atoms with Crippen molar-refractivity contribution in [2.45, 2.75) is 52.2 Å². The van der Waals surface area contributed by atoms with Crippen LogP contribution in [-0.4, -0.2) is 35.6 Å². The molecular formula is C14H27N3O. The smallest absolute Gasteiger partial charge is 0.0725 e. The quantitative estimate of drug-likeness (QED) is 0.771. The van der Waals surface area contributed by atoms with Gasteiger partial charge in [-0.05, 0) is 32.4 Å². The first-order chi connectivity index (χ1) is 8.62. The second-order valence-corrected chi connectivity index (χ2v) is 4.85. The van der Waals surface area contributed by atoms with Crippen molar-refractivity contribution in [1.82, 2.24) is 15.1 Å². The van der Waals surface area contributed by atoms with E-state index in [1.54, 1.807) is 7.11 Å². The molecule has 4 heteroatoms. The summed E-state index contributed by atoms with van der Waals surface area (Å²) in [5.41, 5.74) is 2.34. The fourth-order valence-corrected chi connectivity index (χ4v) is 2.36. The molecule has 1 heterocycles. The first kappa shape index (κ1) is 15.2. The van der Waals surface area contributed by atoms with Gasteiger partial charge >= 0.3 is 0 Å². The van der Waals surface area contributed by atoms with Crippen LogP contribution in [0.3, 0.4) is 0 Å². The van der Waals surface area contributed by atoms with Gasteiger partial charge in [0.1, 0.15) is 0 Å². The largest absolute Gasteiger partial charge is 0.380 e. The number of rotatable bonds is 8. The molecule has 1 N–H and O–H groups in total. The third-order valence-corrected chi connectivity index (χ3v) is 3.34. The van der Waals surface area contributed by atoms with Crippen LogP contribution in [0.15, 0.2) is 6.07 Å². The number of ether oxygens (including phenoxy) is 1. The molecule has 0 radical (unpaired) electrons. The van der Waals surface area contributed by atoms with E-state index in [1.165, 1.54) is 5.69 Å². The highest BCUT2D eigenvalue weighted by Gasteiger charge is 2.20. The Morgan fingerprint density at radius 3 is 2.61 bits per heavy atom. The van der Waals surface area contributed by atoms with Gasteiger partial charge < -0.3 is 10.1 Å². The number of nitrogens with zero attached hydrogens (tertiary/aromatic N) is 2. The maximum Gasteiger partial charge on any atom is 0.0725 e. The molecule has 0 saturated heterocycles. The third-order valence-electron chi connectivity index (χ3n) is 3.34. The first-order valence-electron chi connectivity index (χ1n) is 6.88. The Hall–Kier alpha value is -0.870. The van der Waals surface area contributed by atoms with Crippen molar-refractivity contribution >= 4 is 0 Å². The zero-order valence-corrected chi connectivity index (χ0v) is 12.4. The van der Waals surface area contributed by atoms with Crippen LogP contribution >= 0.6 is 0 Å². The maximum atomic E-state index is 5.59. The van der Waals surface area contributed by atoms with E-state index >= 15 is 0 Å². The maximum absolute atomic E-state index is 5.59. The Balaban J connectivity index is 2.73. The van der Waals surface area contributed by atoms with Crippen LogP contribution in [-0.2, 0) is 18.2 Å². The second kappa shape index (κ2) is 7.54. The highest BCUT2D eigenvalue weighted by Crippen LogP contribution is 2.12. The van der Waals surface area contributed by atoms with Gasteiger partial charge in [0.05, 0.1) is 11.8 Å². The fraction of sp³-hybridized carbons (Fsp3) is 0.786. The number of aromatic nitrogens is 2. The second-order valence-electron chi connectivity index (χ2n) is 4.85. The van der Waals surface area contributed by atoms with Crippen molar-refractivity contribution < 1.29 is 4.74 Å². The molecule has 1 aromatic rings. The minimum atomic E-state index is 0.256. The molecule has 0 aliphatic rings. The van der Waals surface area contributed by atoms with Crippen LogP contribution in [0.25, 0.3) is 0 Å². The lowest BCUT2D eigenvalue weighted by Crippen LogP contribution is -2.43. The Morgan fingerprint density at radius 2 is 2.17 bits per heavy atom. The Morgan fingerprint density at radius 1 is 1.44 bits per heavy atom. The molecule has 2 unspecified atom stereocenters. The van der Waals surface area contributed by atoms with Crippen molar-refractivity contribution in [2.24, 2.45) is 7.05 Å². The SMILES string of the molecule is CCCNC(Cc1cc(C)nn1C)C(CC)OC. The fourth-order valence-electron chi connectivity index (χ4n) is 2.36. The molecular weight excluding hydrogens is 226 g/mol. The predicted octanol–water partition coefficient (Wildman–Crippen LogP) is 2.06. The number of aryl methyl sites for hydroxylation is 2. The molecule has 1 aromatic heterocycles. The monoisotopic (exact) mass is 253 g/mol. The van der Waals surface area contributed by atoms with Crippen molar-refractivity contribution in [2.75, 3.05) is 13.7 Å². The lowest BCUT2D eigenvalue weighted by molar-refractivity contribution is 0.0648. The topological polar surface area (TPSA) is 39.1 Å². The number of hydrogen-bond donors (Lipinski definition) is 1. The molecule has 104 valence electrons. The molecule has 0 bridgehead atoms. The van der Waals surface area contributed by atoms with Gasteiger partial charge in [-0.3, -0.25) is 4.68 Å². The van der Waals surface area contributed by atoms with Gasteiger partial charge in [0.15, 0.2) is 0 Å². The lowest BCUT2D eigenvalue weighted by Gasteiger charge is -2.26. The summed E-state index contributed by atoms with van der Waals surface area (Å²) < 4.78 is 7.56. The summed E-state index contributed by atoms with van der Waals surface area (Å²) in [6, 6.07) is 2.51. The van der Waals surface area contributed by atoms with Crippen molar-refractivity contribution in [1.29, 1.82) is 0 Å². The standard InChI is InChI=1S/C14H27N3O/c1-6-8-15-13(14(7-2)18-5)10-12-9-11(3)16-17(12)4/h9,13-15H,6-8,10H2,1-5H3. The van der Waals surface area contributed by atoms with Gasteiger partial charge in [0, 0.05) is 32.3 Å². The summed E-state index contributed by atoms with van der Waals surface area (Å²) in [5, 5.41) is 7.99. The highest BCUT2D eigenvalue weighted by molar-refractivity contribution is 5.10. The van der Waals surface area contributed by atoms with E-state index in [1.807, 2.05) is 18.7 Å². The Kier molecular flexibility index (Phi) is 6.36. The van der Waals surface area contributed by atoms with Gasteiger partial charge in [-0.1, -0.05) is 13.8 Å². The van der Waals surface area contributed by atoms with Gasteiger partial charge in [0.25, 0.3) is 0 Å². The summed E-state index contributed by atoms with van der Waals surface area (Å²) in [5.74, 6) is 0. The molecule has 0 spiro atoms. The molecule has 18 heavy (non-hydrogen) atoms. The molecule has 0 aliphatic heterocycles. The summed E-state index contributed by atoms with van der Waals surface area (Å²) >= 11 is 0. The zero-order valence-electron chi connectivity index (χ0n) is 12.4. The van der Waals surface area contributed by atoms with E-state index in [-0.39, 0.29) is 6.10 Å². The van der Waals surface area contributed by atoms with Crippen molar-refractivity contribution in [3.8, 4) is 0 Å². The lowest BCUT2D eigenvalue weighted by atomic mass is 10.0. The average Bonchev–Trinajstić information content (AvgIpc) is 2.66. The van der Waals surface area contributed by atoms with Crippen LogP contribution in [0.2, 0.25) is 0 Å². The van der Waals surface area contributed by atoms with Crippen molar-refractivity contribution in [3.63, 3.8) is 0 Å². The number of methoxy groups -OCH3 is 1. The minimum absolute atomic E-state index is 0.256. The molecule has 0 saturated carbocycles. The normalized spacial score (nSPS) is 14.7. The molecule has 1 rings (SSSR count). The van der Waals surface area contributed by atoms with E-state index in [0.717, 1.165) is 31.5 Å². The van der Waals surface area contributed by atoms with Crippen molar-refractivity contribution in [3.05, 3.63) is 17.5 Å². The first-order valence-corrected chi connectivity index (χ1v) is 6.88. The molecule has 4 nitrogen and oxygen atoms in total. The summed E-state index contributed by atoms with van der Waals surface area (Å²) in [7, 11) is 3.80. The summed E-state index contributed by atoms with van der Waals surface area (Å²) in [6.07, 6.45) is 3.38. The highest BCUT2D eigenvalue weighted by atomic mass is 16.5. The molecule has 2 atom stereocenters. The van der Waals surface area contributed by atoms with E-state index in [2.05, 4.69) is 30.3 Å². The third kappa shape index (κ3) is 4.10. The molecule has 0 aliphatic carbocycles. The summed E-state index contributed by atoms with van der Waals surface area (Å²) in [4.78, 5) is 0. The Bertz CT molecular complexity index is 345. The number of hydrogen-bond acceptors (Lipinski definition) is 3. The van der Waals surface area contributed by atoms with Crippen LogP contribution in [0.1, 0.15) is 38.1 Å². The van der Waals surface area contributed by atoms with E-state index < -0.39 is 0 Å². The predicted molar refractivity (Wildman–Crippen MR) is 74.8 cm³/mol. The van der Waals surface area contributed by atoms with Gasteiger partial charge in [-0.25, -0.2) is 0 Å². The molecule has 0 amide bonds. The average molecular weight is 253 g/mol. The van der Waals surface area contributed by atoms with Crippen LogP contribution in [0.4, 0.5) is 0 Å². The summed E-state index contributed by atoms with van der Waals surface area (Å²) in [6.45, 7) is 7.42. The number of nitrogens with one attached hydrogen (secondary N) is 1. The minimum Gasteiger partial charge on any atom is -0.380 e. The van der Waals surface area contributed by atoms with Crippen LogP contribution in [0, 0.1) is 6.92 Å². The van der Waals surface area contributed by atoms with Gasteiger partial charge in [-0.15, -0.1) is 0 Å². The van der Waals surface area contributed by atoms with E-state index in [9.17, 15) is 0 Å². The van der Waals surface area contributed by atoms with Crippen LogP contribution < -0.4 is 5.32 Å². The molecule has 0 aromatic carbocycles. The molecule has 0 fully saturated rings. The van der Waals surface area contributed by atoms with Gasteiger partial charge in [-0.2, -0.15) is 5.10 Å². The van der Waals surface area contributed by atoms with Crippen LogP contribution in [0.5, 0.6) is 0 Å². The van der Waals surface area contributed by atoms with E-state index in [0.29, 0.717) is 6.04 Å². The Labute approximate surface area is 111 Å². The van der Waals surface area contributed by atoms with E-state index in [4.69, 9.17) is 4.74 Å².